The molecule has 2 rings (SSSR count). The molecule has 0 spiro atoms. The lowest BCUT2D eigenvalue weighted by molar-refractivity contribution is 0.0169. The quantitative estimate of drug-likeness (QED) is 0.399. The summed E-state index contributed by atoms with van der Waals surface area (Å²) in [5.41, 5.74) is 1.16. The van der Waals surface area contributed by atoms with Crippen molar-refractivity contribution in [2.75, 3.05) is 26.7 Å². The highest BCUT2D eigenvalue weighted by atomic mass is 35.5. The first-order valence-electron chi connectivity index (χ1n) is 9.39. The lowest BCUT2D eigenvalue weighted by Crippen LogP contribution is -2.40. The molecule has 1 aromatic heterocycles. The van der Waals surface area contributed by atoms with Crippen LogP contribution in [0, 0.1) is 5.92 Å². The Morgan fingerprint density at radius 1 is 1.32 bits per heavy atom. The Morgan fingerprint density at radius 3 is 2.72 bits per heavy atom. The summed E-state index contributed by atoms with van der Waals surface area (Å²) < 4.78 is 5.97. The van der Waals surface area contributed by atoms with E-state index in [-0.39, 0.29) is 0 Å². The van der Waals surface area contributed by atoms with E-state index in [1.807, 2.05) is 18.3 Å². The third kappa shape index (κ3) is 7.20. The molecule has 5 nitrogen and oxygen atoms in total. The first kappa shape index (κ1) is 20.0. The van der Waals surface area contributed by atoms with Gasteiger partial charge in [-0.2, -0.15) is 0 Å². The standard InChI is InChI=1S/C19H31ClN4O/c1-3-25-17(16-6-4-5-7-16)11-13-23-19(21-2)22-12-10-15-8-9-18(20)24-14-15/h8-9,14,16-17H,3-7,10-13H2,1-2H3,(H2,21,22,23). The van der Waals surface area contributed by atoms with Crippen LogP contribution in [0.3, 0.4) is 0 Å². The fraction of sp³-hybridized carbons (Fsp3) is 0.684. The highest BCUT2D eigenvalue weighted by molar-refractivity contribution is 6.29. The lowest BCUT2D eigenvalue weighted by atomic mass is 9.98. The molecule has 25 heavy (non-hydrogen) atoms. The van der Waals surface area contributed by atoms with Crippen molar-refractivity contribution in [1.82, 2.24) is 15.6 Å². The fourth-order valence-corrected chi connectivity index (χ4v) is 3.54. The Hall–Kier alpha value is -1.33. The number of ether oxygens (including phenoxy) is 1. The zero-order chi connectivity index (χ0) is 17.9. The van der Waals surface area contributed by atoms with Crippen molar-refractivity contribution < 1.29 is 4.74 Å². The van der Waals surface area contributed by atoms with Crippen LogP contribution in [0.2, 0.25) is 5.15 Å². The SMILES string of the molecule is CCOC(CCNC(=NC)NCCc1ccc(Cl)nc1)C1CCCC1. The van der Waals surface area contributed by atoms with Gasteiger partial charge in [-0.05, 0) is 50.2 Å². The number of aromatic nitrogens is 1. The van der Waals surface area contributed by atoms with Crippen LogP contribution in [0.25, 0.3) is 0 Å². The van der Waals surface area contributed by atoms with Gasteiger partial charge < -0.3 is 15.4 Å². The van der Waals surface area contributed by atoms with Crippen LogP contribution in [0.4, 0.5) is 0 Å². The number of hydrogen-bond acceptors (Lipinski definition) is 3. The molecule has 0 saturated heterocycles. The average molecular weight is 367 g/mol. The number of aliphatic imine (C=N–C) groups is 1. The monoisotopic (exact) mass is 366 g/mol. The third-order valence-electron chi connectivity index (χ3n) is 4.75. The summed E-state index contributed by atoms with van der Waals surface area (Å²) in [4.78, 5) is 8.39. The van der Waals surface area contributed by atoms with Gasteiger partial charge in [0, 0.05) is 32.9 Å². The van der Waals surface area contributed by atoms with E-state index in [9.17, 15) is 0 Å². The molecule has 1 atom stereocenters. The van der Waals surface area contributed by atoms with Crippen molar-refractivity contribution in [2.24, 2.45) is 10.9 Å². The molecule has 0 aliphatic heterocycles. The fourth-order valence-electron chi connectivity index (χ4n) is 3.43. The van der Waals surface area contributed by atoms with Gasteiger partial charge in [-0.1, -0.05) is 30.5 Å². The number of halogens is 1. The van der Waals surface area contributed by atoms with Crippen LogP contribution in [-0.2, 0) is 11.2 Å². The normalized spacial score (nSPS) is 16.8. The van der Waals surface area contributed by atoms with E-state index in [0.29, 0.717) is 11.3 Å². The smallest absolute Gasteiger partial charge is 0.190 e. The van der Waals surface area contributed by atoms with Crippen LogP contribution >= 0.6 is 11.6 Å². The topological polar surface area (TPSA) is 58.5 Å². The molecule has 2 N–H and O–H groups in total. The van der Waals surface area contributed by atoms with E-state index in [4.69, 9.17) is 16.3 Å². The van der Waals surface area contributed by atoms with E-state index in [1.54, 1.807) is 7.05 Å². The molecule has 1 heterocycles. The minimum Gasteiger partial charge on any atom is -0.378 e. The lowest BCUT2D eigenvalue weighted by Gasteiger charge is -2.24. The van der Waals surface area contributed by atoms with E-state index in [0.717, 1.165) is 50.0 Å². The Morgan fingerprint density at radius 2 is 2.08 bits per heavy atom. The van der Waals surface area contributed by atoms with Crippen LogP contribution < -0.4 is 10.6 Å². The van der Waals surface area contributed by atoms with Gasteiger partial charge in [-0.3, -0.25) is 4.99 Å². The predicted molar refractivity (Wildman–Crippen MR) is 104 cm³/mol. The zero-order valence-electron chi connectivity index (χ0n) is 15.4. The van der Waals surface area contributed by atoms with Crippen LogP contribution in [0.5, 0.6) is 0 Å². The Balaban J connectivity index is 1.67. The van der Waals surface area contributed by atoms with Gasteiger partial charge in [-0.15, -0.1) is 0 Å². The maximum absolute atomic E-state index is 5.97. The number of nitrogens with one attached hydrogen (secondary N) is 2. The first-order chi connectivity index (χ1) is 12.2. The molecular weight excluding hydrogens is 336 g/mol. The minimum absolute atomic E-state index is 0.373. The molecule has 1 aromatic rings. The summed E-state index contributed by atoms with van der Waals surface area (Å²) in [5, 5.41) is 7.27. The molecule has 0 aromatic carbocycles. The average Bonchev–Trinajstić information content (AvgIpc) is 3.15. The molecule has 1 aliphatic rings. The molecular formula is C19H31ClN4O. The van der Waals surface area contributed by atoms with Crippen molar-refractivity contribution in [3.05, 3.63) is 29.0 Å². The molecule has 1 aliphatic carbocycles. The van der Waals surface area contributed by atoms with Gasteiger partial charge in [0.1, 0.15) is 5.15 Å². The second kappa shape index (κ2) is 11.3. The van der Waals surface area contributed by atoms with Gasteiger partial charge >= 0.3 is 0 Å². The molecule has 6 heteroatoms. The molecule has 0 radical (unpaired) electrons. The van der Waals surface area contributed by atoms with Crippen molar-refractivity contribution in [1.29, 1.82) is 0 Å². The Kier molecular flexibility index (Phi) is 9.05. The third-order valence-corrected chi connectivity index (χ3v) is 4.97. The number of pyridine rings is 1. The van der Waals surface area contributed by atoms with Gasteiger partial charge in [0.25, 0.3) is 0 Å². The van der Waals surface area contributed by atoms with Gasteiger partial charge in [0.15, 0.2) is 5.96 Å². The number of nitrogens with zero attached hydrogens (tertiary/aromatic N) is 2. The maximum Gasteiger partial charge on any atom is 0.190 e. The van der Waals surface area contributed by atoms with Crippen molar-refractivity contribution >= 4 is 17.6 Å². The second-order valence-corrected chi connectivity index (χ2v) is 6.88. The number of hydrogen-bond donors (Lipinski definition) is 2. The molecule has 1 saturated carbocycles. The summed E-state index contributed by atoms with van der Waals surface area (Å²) in [6, 6.07) is 3.82. The largest absolute Gasteiger partial charge is 0.378 e. The summed E-state index contributed by atoms with van der Waals surface area (Å²) in [6.07, 6.45) is 9.43. The number of rotatable bonds is 9. The molecule has 0 amide bonds. The van der Waals surface area contributed by atoms with E-state index in [1.165, 1.54) is 25.7 Å². The maximum atomic E-state index is 5.97. The van der Waals surface area contributed by atoms with Gasteiger partial charge in [0.05, 0.1) is 6.10 Å². The minimum atomic E-state index is 0.373. The van der Waals surface area contributed by atoms with Crippen LogP contribution in [0.1, 0.15) is 44.6 Å². The predicted octanol–water partition coefficient (Wildman–Crippen LogP) is 3.43. The van der Waals surface area contributed by atoms with E-state index < -0.39 is 0 Å². The molecule has 0 bridgehead atoms. The highest BCUT2D eigenvalue weighted by Gasteiger charge is 2.24. The summed E-state index contributed by atoms with van der Waals surface area (Å²) >= 11 is 5.80. The first-order valence-corrected chi connectivity index (χ1v) is 9.77. The second-order valence-electron chi connectivity index (χ2n) is 6.49. The summed E-state index contributed by atoms with van der Waals surface area (Å²) in [7, 11) is 1.80. The summed E-state index contributed by atoms with van der Waals surface area (Å²) in [5.74, 6) is 1.57. The van der Waals surface area contributed by atoms with Crippen LogP contribution in [0.15, 0.2) is 23.3 Å². The zero-order valence-corrected chi connectivity index (χ0v) is 16.2. The molecule has 1 fully saturated rings. The Bertz CT molecular complexity index is 515. The van der Waals surface area contributed by atoms with Crippen LogP contribution in [-0.4, -0.2) is 43.8 Å². The van der Waals surface area contributed by atoms with Gasteiger partial charge in [0.2, 0.25) is 0 Å². The highest BCUT2D eigenvalue weighted by Crippen LogP contribution is 2.30. The van der Waals surface area contributed by atoms with Crippen molar-refractivity contribution in [3.8, 4) is 0 Å². The van der Waals surface area contributed by atoms with Crippen molar-refractivity contribution in [2.45, 2.75) is 51.6 Å². The summed E-state index contributed by atoms with van der Waals surface area (Å²) in [6.45, 7) is 4.56. The number of guanidine groups is 1. The van der Waals surface area contributed by atoms with Gasteiger partial charge in [-0.25, -0.2) is 4.98 Å². The van der Waals surface area contributed by atoms with Crippen molar-refractivity contribution in [3.63, 3.8) is 0 Å². The molecule has 140 valence electrons. The van der Waals surface area contributed by atoms with E-state index in [2.05, 4.69) is 27.5 Å². The Labute approximate surface area is 156 Å². The van der Waals surface area contributed by atoms with E-state index >= 15 is 0 Å². The molecule has 1 unspecified atom stereocenters.